The molecule has 0 atom stereocenters. The Morgan fingerprint density at radius 1 is 0.600 bits per heavy atom. The van der Waals surface area contributed by atoms with Gasteiger partial charge in [-0.2, -0.15) is 5.10 Å². The fourth-order valence-corrected chi connectivity index (χ4v) is 6.75. The molecule has 246 valence electrons. The summed E-state index contributed by atoms with van der Waals surface area (Å²) in [4.78, 5) is 4.82. The van der Waals surface area contributed by atoms with Crippen LogP contribution in [0.3, 0.4) is 0 Å². The molecule has 0 saturated heterocycles. The molecule has 0 saturated carbocycles. The molecule has 0 aliphatic carbocycles. The number of benzene rings is 5. The molecule has 6 nitrogen and oxygen atoms in total. The Morgan fingerprint density at radius 3 is 2.10 bits per heavy atom. The molecule has 8 aromatic rings. The first-order chi connectivity index (χ1) is 24.2. The number of aromatic nitrogens is 4. The summed E-state index contributed by atoms with van der Waals surface area (Å²) in [6, 6.07) is 41.1. The Morgan fingerprint density at radius 2 is 1.30 bits per heavy atom. The van der Waals surface area contributed by atoms with Gasteiger partial charge in [-0.1, -0.05) is 63.2 Å². The van der Waals surface area contributed by atoms with E-state index in [-0.39, 0.29) is 5.41 Å². The molecule has 5 aromatic carbocycles. The Kier molecular flexibility index (Phi) is 7.72. The number of ether oxygens (including phenoxy) is 2. The third kappa shape index (κ3) is 5.90. The van der Waals surface area contributed by atoms with Crippen LogP contribution in [-0.2, 0) is 5.41 Å². The van der Waals surface area contributed by atoms with Gasteiger partial charge in [-0.05, 0) is 108 Å². The molecule has 0 spiro atoms. The first-order valence-electron chi connectivity index (χ1n) is 16.9. The van der Waals surface area contributed by atoms with Crippen LogP contribution in [0.5, 0.6) is 23.0 Å². The van der Waals surface area contributed by atoms with Gasteiger partial charge < -0.3 is 9.47 Å². The Balaban J connectivity index is 1.10. The highest BCUT2D eigenvalue weighted by Gasteiger charge is 2.18. The number of nitrogens with zero attached hydrogens (tertiary/aromatic N) is 4. The number of para-hydroxylation sites is 2. The average Bonchev–Trinajstić information content (AvgIpc) is 3.71. The third-order valence-electron chi connectivity index (χ3n) is 9.16. The molecule has 3 aromatic heterocycles. The number of hydrogen-bond donors (Lipinski definition) is 0. The van der Waals surface area contributed by atoms with Crippen LogP contribution in [0, 0.1) is 13.8 Å². The predicted molar refractivity (Wildman–Crippen MR) is 202 cm³/mol. The van der Waals surface area contributed by atoms with Gasteiger partial charge in [0.15, 0.2) is 0 Å². The minimum absolute atomic E-state index is 0.00481. The molecule has 6 heteroatoms. The SMILES string of the molecule is Cc1cc(Oc2ccccc2)cc(C)c1-c1cnn(-c2cccc(Oc3ccc4c5ccccc5n(-c5cc(C(C)(C)C)ccn5)c4c3)c2)c1. The van der Waals surface area contributed by atoms with Gasteiger partial charge in [-0.25, -0.2) is 9.67 Å². The number of hydrogen-bond acceptors (Lipinski definition) is 4. The zero-order chi connectivity index (χ0) is 34.4. The van der Waals surface area contributed by atoms with Crippen LogP contribution in [0.4, 0.5) is 0 Å². The van der Waals surface area contributed by atoms with Crippen molar-refractivity contribution >= 4 is 21.8 Å². The van der Waals surface area contributed by atoms with E-state index >= 15 is 0 Å². The lowest BCUT2D eigenvalue weighted by atomic mass is 9.88. The molecule has 0 fully saturated rings. The summed E-state index contributed by atoms with van der Waals surface area (Å²) in [5, 5.41) is 7.07. The summed E-state index contributed by atoms with van der Waals surface area (Å²) in [6.45, 7) is 10.9. The quantitative estimate of drug-likeness (QED) is 0.172. The van der Waals surface area contributed by atoms with Crippen molar-refractivity contribution < 1.29 is 9.47 Å². The van der Waals surface area contributed by atoms with E-state index in [1.807, 2.05) is 77.7 Å². The second-order valence-corrected chi connectivity index (χ2v) is 13.8. The van der Waals surface area contributed by atoms with Gasteiger partial charge in [0.2, 0.25) is 0 Å². The van der Waals surface area contributed by atoms with Crippen molar-refractivity contribution in [1.82, 2.24) is 19.3 Å². The van der Waals surface area contributed by atoms with Crippen LogP contribution in [0.1, 0.15) is 37.5 Å². The summed E-state index contributed by atoms with van der Waals surface area (Å²) in [7, 11) is 0. The maximum atomic E-state index is 6.52. The molecular formula is C44H38N4O2. The zero-order valence-electron chi connectivity index (χ0n) is 28.9. The molecular weight excluding hydrogens is 617 g/mol. The maximum Gasteiger partial charge on any atom is 0.137 e. The lowest BCUT2D eigenvalue weighted by Crippen LogP contribution is -2.12. The van der Waals surface area contributed by atoms with Gasteiger partial charge in [0, 0.05) is 40.9 Å². The smallest absolute Gasteiger partial charge is 0.137 e. The van der Waals surface area contributed by atoms with Gasteiger partial charge >= 0.3 is 0 Å². The highest BCUT2D eigenvalue weighted by Crippen LogP contribution is 2.37. The van der Waals surface area contributed by atoms with Crippen molar-refractivity contribution in [2.75, 3.05) is 0 Å². The maximum absolute atomic E-state index is 6.52. The first kappa shape index (κ1) is 31.1. The standard InChI is InChI=1S/C44H38N4O2/c1-29-22-37(49-34-13-7-6-8-14-34)23-30(2)43(29)31-27-46-47(28-31)33-12-11-15-35(25-33)50-36-18-19-39-38-16-9-10-17-40(38)48(41(39)26-36)42-24-32(20-21-45-42)44(3,4)5/h6-28H,1-5H3. The van der Waals surface area contributed by atoms with Crippen molar-refractivity contribution in [3.05, 3.63) is 157 Å². The normalized spacial score (nSPS) is 11.7. The molecule has 50 heavy (non-hydrogen) atoms. The van der Waals surface area contributed by atoms with Crippen molar-refractivity contribution in [3.63, 3.8) is 0 Å². The van der Waals surface area contributed by atoms with Gasteiger partial charge in [0.25, 0.3) is 0 Å². The van der Waals surface area contributed by atoms with Crippen LogP contribution in [0.2, 0.25) is 0 Å². The summed E-state index contributed by atoms with van der Waals surface area (Å²) in [5.41, 5.74) is 8.74. The van der Waals surface area contributed by atoms with E-state index in [0.29, 0.717) is 0 Å². The van der Waals surface area contributed by atoms with E-state index in [1.165, 1.54) is 10.9 Å². The van der Waals surface area contributed by atoms with E-state index in [9.17, 15) is 0 Å². The number of rotatable bonds is 7. The second kappa shape index (κ2) is 12.4. The predicted octanol–water partition coefficient (Wildman–Crippen LogP) is 11.5. The highest BCUT2D eigenvalue weighted by atomic mass is 16.5. The molecule has 3 heterocycles. The summed E-state index contributed by atoms with van der Waals surface area (Å²) < 4.78 is 16.8. The van der Waals surface area contributed by atoms with Crippen molar-refractivity contribution in [3.8, 4) is 45.6 Å². The number of pyridine rings is 1. The van der Waals surface area contributed by atoms with Gasteiger partial charge in [-0.3, -0.25) is 4.57 Å². The lowest BCUT2D eigenvalue weighted by Gasteiger charge is -2.20. The van der Waals surface area contributed by atoms with E-state index in [0.717, 1.165) is 73.2 Å². The van der Waals surface area contributed by atoms with E-state index < -0.39 is 0 Å². The van der Waals surface area contributed by atoms with Crippen molar-refractivity contribution in [2.24, 2.45) is 0 Å². The van der Waals surface area contributed by atoms with E-state index in [2.05, 4.69) is 106 Å². The molecule has 0 N–H and O–H groups in total. The minimum Gasteiger partial charge on any atom is -0.457 e. The molecule has 0 aliphatic rings. The van der Waals surface area contributed by atoms with Gasteiger partial charge in [0.05, 0.1) is 22.9 Å². The molecule has 0 unspecified atom stereocenters. The van der Waals surface area contributed by atoms with Gasteiger partial charge in [0.1, 0.15) is 28.8 Å². The largest absolute Gasteiger partial charge is 0.457 e. The fourth-order valence-electron chi connectivity index (χ4n) is 6.75. The molecule has 0 aliphatic heterocycles. The molecule has 0 radical (unpaired) electrons. The van der Waals surface area contributed by atoms with Crippen LogP contribution in [-0.4, -0.2) is 19.3 Å². The Hall–Kier alpha value is -6.14. The van der Waals surface area contributed by atoms with Crippen LogP contribution >= 0.6 is 0 Å². The first-order valence-corrected chi connectivity index (χ1v) is 16.9. The van der Waals surface area contributed by atoms with Crippen molar-refractivity contribution in [2.45, 2.75) is 40.0 Å². The zero-order valence-corrected chi connectivity index (χ0v) is 28.9. The molecule has 0 amide bonds. The Bertz CT molecular complexity index is 2480. The molecule has 8 rings (SSSR count). The molecule has 0 bridgehead atoms. The number of aryl methyl sites for hydroxylation is 2. The number of fused-ring (bicyclic) bond motifs is 3. The topological polar surface area (TPSA) is 54.1 Å². The highest BCUT2D eigenvalue weighted by molar-refractivity contribution is 6.09. The summed E-state index contributed by atoms with van der Waals surface area (Å²) in [5.74, 6) is 4.00. The van der Waals surface area contributed by atoms with E-state index in [4.69, 9.17) is 19.6 Å². The summed E-state index contributed by atoms with van der Waals surface area (Å²) >= 11 is 0. The van der Waals surface area contributed by atoms with E-state index in [1.54, 1.807) is 0 Å². The van der Waals surface area contributed by atoms with Crippen LogP contribution in [0.25, 0.3) is 44.4 Å². The van der Waals surface area contributed by atoms with Crippen molar-refractivity contribution in [1.29, 1.82) is 0 Å². The van der Waals surface area contributed by atoms with Crippen LogP contribution < -0.4 is 9.47 Å². The minimum atomic E-state index is 0.00481. The van der Waals surface area contributed by atoms with Gasteiger partial charge in [-0.15, -0.1) is 0 Å². The second-order valence-electron chi connectivity index (χ2n) is 13.8. The summed E-state index contributed by atoms with van der Waals surface area (Å²) in [6.07, 6.45) is 5.88. The average molecular weight is 655 g/mol. The Labute approximate surface area is 292 Å². The monoisotopic (exact) mass is 654 g/mol. The van der Waals surface area contributed by atoms with Crippen LogP contribution in [0.15, 0.2) is 140 Å². The lowest BCUT2D eigenvalue weighted by molar-refractivity contribution is 0.482. The fraction of sp³-hybridized carbons (Fsp3) is 0.136. The third-order valence-corrected chi connectivity index (χ3v) is 9.16.